The van der Waals surface area contributed by atoms with Crippen LogP contribution in [0.15, 0.2) is 55.0 Å². The second-order valence-corrected chi connectivity index (χ2v) is 8.03. The average molecular weight is 386 g/mol. The minimum atomic E-state index is 0.301. The molecule has 5 nitrogen and oxygen atoms in total. The molecule has 0 amide bonds. The van der Waals surface area contributed by atoms with Crippen molar-refractivity contribution in [3.63, 3.8) is 0 Å². The minimum absolute atomic E-state index is 0.301. The summed E-state index contributed by atoms with van der Waals surface area (Å²) in [6.45, 7) is 2.34. The summed E-state index contributed by atoms with van der Waals surface area (Å²) < 4.78 is 2.23. The molecule has 0 bridgehead atoms. The molecule has 5 rings (SSSR count). The predicted octanol–water partition coefficient (Wildman–Crippen LogP) is 4.39. The first kappa shape index (κ1) is 18.1. The maximum atomic E-state index is 9.13. The molecule has 29 heavy (non-hydrogen) atoms. The van der Waals surface area contributed by atoms with Crippen LogP contribution in [0.1, 0.15) is 19.3 Å². The quantitative estimate of drug-likeness (QED) is 0.565. The number of aromatic nitrogens is 3. The Bertz CT molecular complexity index is 1140. The zero-order chi connectivity index (χ0) is 19.8. The molecule has 0 saturated carbocycles. The summed E-state index contributed by atoms with van der Waals surface area (Å²) in [4.78, 5) is 11.4. The van der Waals surface area contributed by atoms with Gasteiger partial charge in [0.2, 0.25) is 0 Å². The molecule has 0 aliphatic carbocycles. The summed E-state index contributed by atoms with van der Waals surface area (Å²) in [5.74, 6) is 1.70. The Morgan fingerprint density at radius 1 is 0.966 bits per heavy atom. The van der Waals surface area contributed by atoms with Gasteiger partial charge in [-0.2, -0.15) is 0 Å². The van der Waals surface area contributed by atoms with E-state index in [9.17, 15) is 0 Å². The Hall–Kier alpha value is -2.92. The number of aliphatic hydroxyl groups is 1. The standard InChI is InChI=1S/C24H26N4O/c1-27-22-6-10-25-16-21(22)20-4-2-18(14-23(20)27)19-3-5-24(26-15-19)28-11-7-17(8-12-28)9-13-29/h2-6,10,14-17,29H,7-9,11-13H2,1H3. The molecule has 1 aliphatic heterocycles. The summed E-state index contributed by atoms with van der Waals surface area (Å²) in [5, 5.41) is 11.6. The summed E-state index contributed by atoms with van der Waals surface area (Å²) in [5.41, 5.74) is 4.72. The summed E-state index contributed by atoms with van der Waals surface area (Å²) >= 11 is 0. The van der Waals surface area contributed by atoms with E-state index in [0.29, 0.717) is 12.5 Å². The molecule has 0 unspecified atom stereocenters. The lowest BCUT2D eigenvalue weighted by Crippen LogP contribution is -2.34. The number of rotatable bonds is 4. The van der Waals surface area contributed by atoms with Crippen molar-refractivity contribution in [1.82, 2.24) is 14.5 Å². The largest absolute Gasteiger partial charge is 0.396 e. The van der Waals surface area contributed by atoms with Crippen LogP contribution in [0.5, 0.6) is 0 Å². The molecule has 1 aromatic carbocycles. The van der Waals surface area contributed by atoms with Gasteiger partial charge in [0.1, 0.15) is 5.82 Å². The summed E-state index contributed by atoms with van der Waals surface area (Å²) in [6, 6.07) is 13.0. The van der Waals surface area contributed by atoms with Crippen LogP contribution in [0.4, 0.5) is 5.82 Å². The lowest BCUT2D eigenvalue weighted by molar-refractivity contribution is 0.240. The maximum Gasteiger partial charge on any atom is 0.128 e. The van der Waals surface area contributed by atoms with Gasteiger partial charge in [-0.05, 0) is 55.0 Å². The molecule has 4 heterocycles. The van der Waals surface area contributed by atoms with E-state index in [1.165, 1.54) is 27.4 Å². The first-order valence-corrected chi connectivity index (χ1v) is 10.4. The zero-order valence-electron chi connectivity index (χ0n) is 16.8. The molecular formula is C24H26N4O. The van der Waals surface area contributed by atoms with E-state index in [-0.39, 0.29) is 0 Å². The van der Waals surface area contributed by atoms with Crippen LogP contribution < -0.4 is 4.90 Å². The molecule has 1 saturated heterocycles. The molecular weight excluding hydrogens is 360 g/mol. The van der Waals surface area contributed by atoms with Crippen molar-refractivity contribution in [2.24, 2.45) is 13.0 Å². The number of anilines is 1. The van der Waals surface area contributed by atoms with Crippen LogP contribution in [0.2, 0.25) is 0 Å². The molecule has 5 heteroatoms. The number of pyridine rings is 2. The number of nitrogens with zero attached hydrogens (tertiary/aromatic N) is 4. The SMILES string of the molecule is Cn1c2ccncc2c2ccc(-c3ccc(N4CCC(CCO)CC4)nc3)cc21. The highest BCUT2D eigenvalue weighted by Crippen LogP contribution is 2.32. The second kappa shape index (κ2) is 7.48. The van der Waals surface area contributed by atoms with Crippen molar-refractivity contribution < 1.29 is 5.11 Å². The molecule has 3 aromatic heterocycles. The Balaban J connectivity index is 1.41. The smallest absolute Gasteiger partial charge is 0.128 e. The van der Waals surface area contributed by atoms with Gasteiger partial charge in [0.15, 0.2) is 0 Å². The Labute approximate surface area is 170 Å². The molecule has 4 aromatic rings. The van der Waals surface area contributed by atoms with Gasteiger partial charge in [-0.15, -0.1) is 0 Å². The Morgan fingerprint density at radius 2 is 1.79 bits per heavy atom. The minimum Gasteiger partial charge on any atom is -0.396 e. The topological polar surface area (TPSA) is 54.2 Å². The monoisotopic (exact) mass is 386 g/mol. The zero-order valence-corrected chi connectivity index (χ0v) is 16.8. The van der Waals surface area contributed by atoms with E-state index in [1.807, 2.05) is 18.6 Å². The number of benzene rings is 1. The Kier molecular flexibility index (Phi) is 4.68. The Morgan fingerprint density at radius 3 is 2.55 bits per heavy atom. The lowest BCUT2D eigenvalue weighted by Gasteiger charge is -2.32. The maximum absolute atomic E-state index is 9.13. The number of aliphatic hydroxyl groups excluding tert-OH is 1. The molecule has 1 aliphatic rings. The number of piperidine rings is 1. The van der Waals surface area contributed by atoms with Gasteiger partial charge in [0.05, 0.1) is 5.52 Å². The number of hydrogen-bond donors (Lipinski definition) is 1. The predicted molar refractivity (Wildman–Crippen MR) is 118 cm³/mol. The third kappa shape index (κ3) is 3.25. The molecule has 0 radical (unpaired) electrons. The van der Waals surface area contributed by atoms with Gasteiger partial charge in [0.25, 0.3) is 0 Å². The number of hydrogen-bond acceptors (Lipinski definition) is 4. The fourth-order valence-electron chi connectivity index (χ4n) is 4.61. The van der Waals surface area contributed by atoms with E-state index in [2.05, 4.69) is 57.9 Å². The third-order valence-electron chi connectivity index (χ3n) is 6.37. The van der Waals surface area contributed by atoms with E-state index in [1.54, 1.807) is 0 Å². The first-order valence-electron chi connectivity index (χ1n) is 10.4. The van der Waals surface area contributed by atoms with Crippen molar-refractivity contribution in [2.45, 2.75) is 19.3 Å². The summed E-state index contributed by atoms with van der Waals surface area (Å²) in [6.07, 6.45) is 8.97. The van der Waals surface area contributed by atoms with E-state index in [0.717, 1.165) is 43.7 Å². The number of aryl methyl sites for hydroxylation is 1. The van der Waals surface area contributed by atoms with Gasteiger partial charge in [-0.25, -0.2) is 4.98 Å². The lowest BCUT2D eigenvalue weighted by atomic mass is 9.94. The van der Waals surface area contributed by atoms with Crippen molar-refractivity contribution in [2.75, 3.05) is 24.6 Å². The van der Waals surface area contributed by atoms with Gasteiger partial charge in [-0.3, -0.25) is 4.98 Å². The van der Waals surface area contributed by atoms with Gasteiger partial charge >= 0.3 is 0 Å². The van der Waals surface area contributed by atoms with Gasteiger partial charge in [0, 0.05) is 67.2 Å². The van der Waals surface area contributed by atoms with Crippen LogP contribution in [0.25, 0.3) is 32.9 Å². The molecule has 0 atom stereocenters. The van der Waals surface area contributed by atoms with Crippen molar-refractivity contribution in [3.8, 4) is 11.1 Å². The average Bonchev–Trinajstić information content (AvgIpc) is 3.07. The van der Waals surface area contributed by atoms with Crippen LogP contribution in [-0.2, 0) is 7.05 Å². The third-order valence-corrected chi connectivity index (χ3v) is 6.37. The number of fused-ring (bicyclic) bond motifs is 3. The molecule has 1 N–H and O–H groups in total. The van der Waals surface area contributed by atoms with E-state index >= 15 is 0 Å². The van der Waals surface area contributed by atoms with Gasteiger partial charge < -0.3 is 14.6 Å². The fourth-order valence-corrected chi connectivity index (χ4v) is 4.61. The van der Waals surface area contributed by atoms with Crippen molar-refractivity contribution in [1.29, 1.82) is 0 Å². The highest BCUT2D eigenvalue weighted by molar-refractivity contribution is 6.08. The van der Waals surface area contributed by atoms with E-state index < -0.39 is 0 Å². The normalized spacial score (nSPS) is 15.4. The molecule has 148 valence electrons. The van der Waals surface area contributed by atoms with Crippen molar-refractivity contribution in [3.05, 3.63) is 55.0 Å². The summed E-state index contributed by atoms with van der Waals surface area (Å²) in [7, 11) is 2.11. The highest BCUT2D eigenvalue weighted by atomic mass is 16.3. The van der Waals surface area contributed by atoms with Gasteiger partial charge in [-0.1, -0.05) is 12.1 Å². The fraction of sp³-hybridized carbons (Fsp3) is 0.333. The molecule has 0 spiro atoms. The van der Waals surface area contributed by atoms with Crippen LogP contribution in [0.3, 0.4) is 0 Å². The first-order chi connectivity index (χ1) is 14.2. The molecule has 1 fully saturated rings. The van der Waals surface area contributed by atoms with Crippen LogP contribution in [0, 0.1) is 5.92 Å². The van der Waals surface area contributed by atoms with E-state index in [4.69, 9.17) is 10.1 Å². The second-order valence-electron chi connectivity index (χ2n) is 8.03. The van der Waals surface area contributed by atoms with Crippen LogP contribution >= 0.6 is 0 Å². The van der Waals surface area contributed by atoms with Crippen LogP contribution in [-0.4, -0.2) is 39.3 Å². The van der Waals surface area contributed by atoms with Crippen molar-refractivity contribution >= 4 is 27.6 Å². The highest BCUT2D eigenvalue weighted by Gasteiger charge is 2.19.